The summed E-state index contributed by atoms with van der Waals surface area (Å²) in [6, 6.07) is 1.23. The fourth-order valence-corrected chi connectivity index (χ4v) is 1.29. The van der Waals surface area contributed by atoms with Gasteiger partial charge in [-0.05, 0) is 12.8 Å². The zero-order valence-electron chi connectivity index (χ0n) is 6.11. The van der Waals surface area contributed by atoms with Crippen LogP contribution >= 0.6 is 0 Å². The van der Waals surface area contributed by atoms with Gasteiger partial charge < -0.3 is 11.1 Å². The Morgan fingerprint density at radius 2 is 1.90 bits per heavy atom. The molecule has 0 atom stereocenters. The van der Waals surface area contributed by atoms with Crippen LogP contribution in [-0.4, -0.2) is 5.96 Å². The summed E-state index contributed by atoms with van der Waals surface area (Å²) in [5, 5.41) is 9.84. The average molecular weight is 140 g/mol. The van der Waals surface area contributed by atoms with E-state index < -0.39 is 0 Å². The summed E-state index contributed by atoms with van der Waals surface area (Å²) in [5.41, 5.74) is 5.17. The van der Waals surface area contributed by atoms with Crippen LogP contribution in [0.3, 0.4) is 0 Å². The lowest BCUT2D eigenvalue weighted by Crippen LogP contribution is -2.34. The van der Waals surface area contributed by atoms with Crippen molar-refractivity contribution in [2.45, 2.75) is 32.1 Å². The van der Waals surface area contributed by atoms with Gasteiger partial charge in [0.1, 0.15) is 0 Å². The molecule has 4 N–H and O–H groups in total. The highest BCUT2D eigenvalue weighted by Crippen LogP contribution is 2.22. The van der Waals surface area contributed by atoms with E-state index in [-0.39, 0.29) is 5.96 Å². The fourth-order valence-electron chi connectivity index (χ4n) is 1.29. The van der Waals surface area contributed by atoms with E-state index in [4.69, 9.17) is 11.1 Å². The molecule has 3 heteroatoms. The first-order valence-electron chi connectivity index (χ1n) is 3.75. The van der Waals surface area contributed by atoms with Gasteiger partial charge in [-0.25, -0.2) is 0 Å². The third-order valence-corrected chi connectivity index (χ3v) is 1.77. The molecule has 0 bridgehead atoms. The lowest BCUT2D eigenvalue weighted by atomic mass is 9.96. The first-order chi connectivity index (χ1) is 4.79. The van der Waals surface area contributed by atoms with E-state index in [2.05, 4.69) is 5.32 Å². The van der Waals surface area contributed by atoms with Crippen molar-refractivity contribution in [3.05, 3.63) is 6.04 Å². The van der Waals surface area contributed by atoms with Crippen LogP contribution in [0.25, 0.3) is 0 Å². The molecule has 0 aromatic rings. The van der Waals surface area contributed by atoms with Crippen molar-refractivity contribution in [1.82, 2.24) is 5.32 Å². The molecule has 0 aromatic carbocycles. The van der Waals surface area contributed by atoms with Gasteiger partial charge in [-0.2, -0.15) is 0 Å². The average Bonchev–Trinajstić information content (AvgIpc) is 1.88. The van der Waals surface area contributed by atoms with Crippen molar-refractivity contribution in [2.24, 2.45) is 5.73 Å². The maximum atomic E-state index is 6.98. The first kappa shape index (κ1) is 7.38. The van der Waals surface area contributed by atoms with Crippen molar-refractivity contribution in [2.75, 3.05) is 0 Å². The Morgan fingerprint density at radius 3 is 2.40 bits per heavy atom. The van der Waals surface area contributed by atoms with Crippen molar-refractivity contribution in [3.8, 4) is 0 Å². The minimum atomic E-state index is 0.0805. The Balaban J connectivity index is 2.19. The van der Waals surface area contributed by atoms with Gasteiger partial charge in [0.15, 0.2) is 5.96 Å². The predicted molar refractivity (Wildman–Crippen MR) is 41.4 cm³/mol. The zero-order valence-corrected chi connectivity index (χ0v) is 6.11. The summed E-state index contributed by atoms with van der Waals surface area (Å²) in [7, 11) is 0. The monoisotopic (exact) mass is 140 g/mol. The van der Waals surface area contributed by atoms with E-state index in [0.29, 0.717) is 0 Å². The maximum Gasteiger partial charge on any atom is 0.186 e. The topological polar surface area (TPSA) is 61.9 Å². The van der Waals surface area contributed by atoms with Gasteiger partial charge in [-0.1, -0.05) is 19.3 Å². The number of rotatable bonds is 1. The summed E-state index contributed by atoms with van der Waals surface area (Å²) in [6.07, 6.45) is 6.01. The molecule has 1 aliphatic rings. The quantitative estimate of drug-likeness (QED) is 0.375. The number of guanidine groups is 1. The minimum absolute atomic E-state index is 0.0805. The van der Waals surface area contributed by atoms with Crippen LogP contribution in [0.5, 0.6) is 0 Å². The molecule has 0 heterocycles. The van der Waals surface area contributed by atoms with Crippen LogP contribution in [-0.2, 0) is 0 Å². The highest BCUT2D eigenvalue weighted by atomic mass is 15.1. The van der Waals surface area contributed by atoms with E-state index in [0.717, 1.165) is 12.8 Å². The molecule has 1 aliphatic carbocycles. The number of hydrogen-bond donors (Lipinski definition) is 3. The Morgan fingerprint density at radius 1 is 1.30 bits per heavy atom. The molecule has 1 saturated carbocycles. The summed E-state index contributed by atoms with van der Waals surface area (Å²) in [5.74, 6) is 0.0805. The zero-order chi connectivity index (χ0) is 7.40. The molecule has 0 unspecified atom stereocenters. The van der Waals surface area contributed by atoms with E-state index in [1.807, 2.05) is 0 Å². The molecule has 0 aromatic heterocycles. The summed E-state index contributed by atoms with van der Waals surface area (Å²) >= 11 is 0. The van der Waals surface area contributed by atoms with Gasteiger partial charge in [-0.15, -0.1) is 0 Å². The van der Waals surface area contributed by atoms with Crippen LogP contribution in [0, 0.1) is 11.5 Å². The number of nitrogens with one attached hydrogen (secondary N) is 2. The second-order valence-electron chi connectivity index (χ2n) is 2.70. The minimum Gasteiger partial charge on any atom is -0.370 e. The van der Waals surface area contributed by atoms with Crippen LogP contribution in [0.15, 0.2) is 0 Å². The molecule has 0 aliphatic heterocycles. The smallest absolute Gasteiger partial charge is 0.186 e. The van der Waals surface area contributed by atoms with Crippen molar-refractivity contribution < 1.29 is 0 Å². The van der Waals surface area contributed by atoms with Crippen LogP contribution in [0.2, 0.25) is 0 Å². The maximum absolute atomic E-state index is 6.98. The Labute approximate surface area is 61.5 Å². The molecule has 0 amide bonds. The molecule has 3 nitrogen and oxygen atoms in total. The highest BCUT2D eigenvalue weighted by molar-refractivity contribution is 5.75. The first-order valence-corrected chi connectivity index (χ1v) is 3.75. The number of nitrogens with two attached hydrogens (primary N) is 1. The molecule has 0 saturated heterocycles. The molecule has 1 rings (SSSR count). The SMILES string of the molecule is N=C(N)N[C]1CCCCC1. The third kappa shape index (κ3) is 2.25. The normalized spacial score (nSPS) is 20.4. The standard InChI is InChI=1S/C7H14N3/c8-7(9)10-6-4-2-1-3-5-6/h1-5H2,(H4,8,9,10). The van der Waals surface area contributed by atoms with Gasteiger partial charge in [0, 0.05) is 0 Å². The summed E-state index contributed by atoms with van der Waals surface area (Å²) in [4.78, 5) is 0. The van der Waals surface area contributed by atoms with E-state index in [1.54, 1.807) is 0 Å². The lowest BCUT2D eigenvalue weighted by Gasteiger charge is -2.21. The molecule has 1 fully saturated rings. The van der Waals surface area contributed by atoms with Crippen LogP contribution < -0.4 is 11.1 Å². The van der Waals surface area contributed by atoms with E-state index in [1.165, 1.54) is 25.3 Å². The lowest BCUT2D eigenvalue weighted by molar-refractivity contribution is 0.507. The second-order valence-corrected chi connectivity index (χ2v) is 2.70. The van der Waals surface area contributed by atoms with Crippen LogP contribution in [0.4, 0.5) is 0 Å². The molecular formula is C7H14N3. The Kier molecular flexibility index (Phi) is 2.54. The van der Waals surface area contributed by atoms with E-state index >= 15 is 0 Å². The molecule has 10 heavy (non-hydrogen) atoms. The number of hydrogen-bond acceptors (Lipinski definition) is 1. The van der Waals surface area contributed by atoms with Gasteiger partial charge in [0.25, 0.3) is 0 Å². The summed E-state index contributed by atoms with van der Waals surface area (Å²) in [6.45, 7) is 0. The largest absolute Gasteiger partial charge is 0.370 e. The molecule has 0 spiro atoms. The van der Waals surface area contributed by atoms with Gasteiger partial charge >= 0.3 is 0 Å². The van der Waals surface area contributed by atoms with Gasteiger partial charge in [0.2, 0.25) is 0 Å². The molecule has 57 valence electrons. The Bertz CT molecular complexity index is 116. The summed E-state index contributed by atoms with van der Waals surface area (Å²) < 4.78 is 0. The van der Waals surface area contributed by atoms with Gasteiger partial charge in [-0.3, -0.25) is 5.41 Å². The van der Waals surface area contributed by atoms with Crippen LogP contribution in [0.1, 0.15) is 32.1 Å². The van der Waals surface area contributed by atoms with Crippen molar-refractivity contribution in [3.63, 3.8) is 0 Å². The molecule has 1 radical (unpaired) electrons. The van der Waals surface area contributed by atoms with E-state index in [9.17, 15) is 0 Å². The van der Waals surface area contributed by atoms with Crippen molar-refractivity contribution in [1.29, 1.82) is 5.41 Å². The molecular weight excluding hydrogens is 126 g/mol. The second kappa shape index (κ2) is 3.44. The highest BCUT2D eigenvalue weighted by Gasteiger charge is 2.13. The van der Waals surface area contributed by atoms with Crippen molar-refractivity contribution >= 4 is 5.96 Å². The third-order valence-electron chi connectivity index (χ3n) is 1.77. The fraction of sp³-hybridized carbons (Fsp3) is 0.714. The Hall–Kier alpha value is -0.730. The predicted octanol–water partition coefficient (Wildman–Crippen LogP) is 0.966. The van der Waals surface area contributed by atoms with Gasteiger partial charge in [0.05, 0.1) is 6.04 Å².